The second-order valence-electron chi connectivity index (χ2n) is 8.05. The van der Waals surface area contributed by atoms with Crippen LogP contribution in [0.15, 0.2) is 59.5 Å². The van der Waals surface area contributed by atoms with Crippen molar-refractivity contribution in [1.29, 1.82) is 0 Å². The van der Waals surface area contributed by atoms with Crippen LogP contribution >= 0.6 is 0 Å². The van der Waals surface area contributed by atoms with Gasteiger partial charge in [0.15, 0.2) is 0 Å². The summed E-state index contributed by atoms with van der Waals surface area (Å²) in [7, 11) is 0. The van der Waals surface area contributed by atoms with Crippen molar-refractivity contribution in [3.05, 3.63) is 72.2 Å². The van der Waals surface area contributed by atoms with Crippen LogP contribution in [0, 0.1) is 5.41 Å². The van der Waals surface area contributed by atoms with Crippen LogP contribution < -0.4 is 5.32 Å². The molecule has 8 nitrogen and oxygen atoms in total. The fourth-order valence-electron chi connectivity index (χ4n) is 4.66. The molecule has 2 aliphatic rings. The maximum atomic E-state index is 13.0. The average molecular weight is 405 g/mol. The third kappa shape index (κ3) is 3.28. The van der Waals surface area contributed by atoms with Gasteiger partial charge in [-0.05, 0) is 37.1 Å². The Morgan fingerprint density at radius 1 is 1.13 bits per heavy atom. The molecule has 2 atom stereocenters. The summed E-state index contributed by atoms with van der Waals surface area (Å²) in [4.78, 5) is 32.1. The minimum atomic E-state index is -0.303. The maximum absolute atomic E-state index is 13.0. The van der Waals surface area contributed by atoms with E-state index in [0.717, 1.165) is 25.2 Å². The number of hydrogen-bond acceptors (Lipinski definition) is 5. The molecule has 30 heavy (non-hydrogen) atoms. The summed E-state index contributed by atoms with van der Waals surface area (Å²) < 4.78 is 7.19. The van der Waals surface area contributed by atoms with Crippen molar-refractivity contribution in [2.24, 2.45) is 5.41 Å². The number of likely N-dealkylation sites (tertiary alicyclic amines) is 1. The van der Waals surface area contributed by atoms with Gasteiger partial charge in [-0.3, -0.25) is 9.59 Å². The number of hydrogen-bond donors (Lipinski definition) is 1. The smallest absolute Gasteiger partial charge is 0.251 e. The lowest BCUT2D eigenvalue weighted by atomic mass is 9.74. The second kappa shape index (κ2) is 7.44. The molecule has 0 aliphatic carbocycles. The third-order valence-corrected chi connectivity index (χ3v) is 6.29. The molecule has 4 heterocycles. The van der Waals surface area contributed by atoms with E-state index in [-0.39, 0.29) is 29.7 Å². The normalized spacial score (nSPS) is 22.8. The molecular formula is C22H23N5O3. The topological polar surface area (TPSA) is 93.3 Å². The molecule has 1 aromatic carbocycles. The van der Waals surface area contributed by atoms with E-state index in [4.69, 9.17) is 4.42 Å². The highest BCUT2D eigenvalue weighted by molar-refractivity contribution is 5.94. The number of carbonyl (C=O) groups excluding carboxylic acids is 2. The maximum Gasteiger partial charge on any atom is 0.251 e. The molecule has 0 unspecified atom stereocenters. The largest absolute Gasteiger partial charge is 0.469 e. The van der Waals surface area contributed by atoms with Crippen molar-refractivity contribution in [1.82, 2.24) is 25.0 Å². The van der Waals surface area contributed by atoms with Gasteiger partial charge in [0, 0.05) is 30.6 Å². The van der Waals surface area contributed by atoms with E-state index >= 15 is 0 Å². The number of nitrogens with one attached hydrogen (secondary N) is 1. The molecule has 8 heteroatoms. The number of nitrogens with zero attached hydrogens (tertiary/aromatic N) is 4. The Morgan fingerprint density at radius 3 is 2.77 bits per heavy atom. The van der Waals surface area contributed by atoms with E-state index in [1.54, 1.807) is 24.5 Å². The summed E-state index contributed by atoms with van der Waals surface area (Å²) in [5, 5.41) is 7.50. The number of benzene rings is 1. The van der Waals surface area contributed by atoms with Crippen molar-refractivity contribution in [3.63, 3.8) is 0 Å². The first-order valence-corrected chi connectivity index (χ1v) is 10.2. The predicted molar refractivity (Wildman–Crippen MR) is 107 cm³/mol. The van der Waals surface area contributed by atoms with Crippen molar-refractivity contribution in [2.45, 2.75) is 31.8 Å². The van der Waals surface area contributed by atoms with Gasteiger partial charge in [-0.25, -0.2) is 9.67 Å². The zero-order valence-corrected chi connectivity index (χ0v) is 16.5. The molecule has 0 radical (unpaired) electrons. The van der Waals surface area contributed by atoms with Gasteiger partial charge in [0.25, 0.3) is 5.91 Å². The van der Waals surface area contributed by atoms with E-state index in [1.807, 2.05) is 33.8 Å². The van der Waals surface area contributed by atoms with Crippen LogP contribution in [0.5, 0.6) is 0 Å². The first-order chi connectivity index (χ1) is 14.6. The second-order valence-corrected chi connectivity index (χ2v) is 8.05. The van der Waals surface area contributed by atoms with Gasteiger partial charge >= 0.3 is 0 Å². The minimum Gasteiger partial charge on any atom is -0.469 e. The Kier molecular flexibility index (Phi) is 4.61. The first-order valence-electron chi connectivity index (χ1n) is 10.2. The van der Waals surface area contributed by atoms with E-state index in [9.17, 15) is 9.59 Å². The number of furan rings is 1. The van der Waals surface area contributed by atoms with E-state index in [1.165, 1.54) is 6.33 Å². The molecule has 3 aromatic rings. The van der Waals surface area contributed by atoms with Crippen LogP contribution in [0.2, 0.25) is 0 Å². The van der Waals surface area contributed by atoms with Gasteiger partial charge in [0.2, 0.25) is 5.91 Å². The van der Waals surface area contributed by atoms with Crippen molar-refractivity contribution < 1.29 is 14.0 Å². The van der Waals surface area contributed by atoms with Crippen molar-refractivity contribution >= 4 is 11.8 Å². The summed E-state index contributed by atoms with van der Waals surface area (Å²) in [5.74, 6) is 1.32. The molecule has 1 N–H and O–H groups in total. The van der Waals surface area contributed by atoms with Gasteiger partial charge in [-0.1, -0.05) is 18.2 Å². The zero-order valence-electron chi connectivity index (χ0n) is 16.5. The molecule has 2 aliphatic heterocycles. The number of fused-ring (bicyclic) bond motifs is 1. The highest BCUT2D eigenvalue weighted by Crippen LogP contribution is 2.47. The Hall–Kier alpha value is -3.42. The van der Waals surface area contributed by atoms with Gasteiger partial charge < -0.3 is 14.6 Å². The standard InChI is InChI=1S/C22H23N5O3/c28-18(13-17-7-4-12-30-17)26-10-8-22(14-26)9-11-27-20(23-15-24-27)19(22)25-21(29)16-5-2-1-3-6-16/h1-7,12,15,19H,8-11,13-14H2,(H,25,29)/t19-,22+/m0/s1. The fraction of sp³-hybridized carbons (Fsp3) is 0.364. The Morgan fingerprint density at radius 2 is 1.97 bits per heavy atom. The molecule has 1 saturated heterocycles. The van der Waals surface area contributed by atoms with Crippen LogP contribution in [-0.2, 0) is 17.8 Å². The van der Waals surface area contributed by atoms with E-state index in [0.29, 0.717) is 24.4 Å². The number of aryl methyl sites for hydroxylation is 1. The molecule has 0 bridgehead atoms. The number of rotatable bonds is 4. The third-order valence-electron chi connectivity index (χ3n) is 6.29. The van der Waals surface area contributed by atoms with E-state index < -0.39 is 0 Å². The lowest BCUT2D eigenvalue weighted by Gasteiger charge is -2.40. The summed E-state index contributed by atoms with van der Waals surface area (Å²) in [6, 6.07) is 12.5. The summed E-state index contributed by atoms with van der Waals surface area (Å²) in [5.41, 5.74) is 0.347. The molecule has 5 rings (SSSR count). The quantitative estimate of drug-likeness (QED) is 0.718. The van der Waals surface area contributed by atoms with Gasteiger partial charge in [-0.15, -0.1) is 0 Å². The van der Waals surface area contributed by atoms with Crippen LogP contribution in [0.1, 0.15) is 40.8 Å². The van der Waals surface area contributed by atoms with Gasteiger partial charge in [-0.2, -0.15) is 5.10 Å². The van der Waals surface area contributed by atoms with Crippen molar-refractivity contribution in [3.8, 4) is 0 Å². The van der Waals surface area contributed by atoms with E-state index in [2.05, 4.69) is 15.4 Å². The SMILES string of the molecule is O=C(N[C@H]1c2ncnn2CC[C@@]12CCN(C(=O)Cc1ccco1)C2)c1ccccc1. The van der Waals surface area contributed by atoms with Crippen LogP contribution in [0.25, 0.3) is 0 Å². The van der Waals surface area contributed by atoms with Crippen LogP contribution in [-0.4, -0.2) is 44.6 Å². The predicted octanol–water partition coefficient (Wildman–Crippen LogP) is 2.21. The number of carbonyl (C=O) groups is 2. The minimum absolute atomic E-state index is 0.0435. The number of aromatic nitrogens is 3. The van der Waals surface area contributed by atoms with Gasteiger partial charge in [0.05, 0.1) is 18.7 Å². The molecule has 1 fully saturated rings. The summed E-state index contributed by atoms with van der Waals surface area (Å²) in [6.45, 7) is 1.97. The average Bonchev–Trinajstić information content (AvgIpc) is 3.52. The molecule has 2 amide bonds. The first kappa shape index (κ1) is 18.6. The fourth-order valence-corrected chi connectivity index (χ4v) is 4.66. The molecule has 2 aromatic heterocycles. The van der Waals surface area contributed by atoms with Gasteiger partial charge in [0.1, 0.15) is 17.9 Å². The summed E-state index contributed by atoms with van der Waals surface area (Å²) in [6.07, 6.45) is 5.00. The monoisotopic (exact) mass is 405 g/mol. The lowest BCUT2D eigenvalue weighted by Crippen LogP contribution is -2.48. The highest BCUT2D eigenvalue weighted by atomic mass is 16.3. The Balaban J connectivity index is 1.39. The Bertz CT molecular complexity index is 1050. The molecular weight excluding hydrogens is 382 g/mol. The van der Waals surface area contributed by atoms with Crippen LogP contribution in [0.3, 0.4) is 0 Å². The van der Waals surface area contributed by atoms with Crippen molar-refractivity contribution in [2.75, 3.05) is 13.1 Å². The highest BCUT2D eigenvalue weighted by Gasteiger charge is 2.50. The Labute approximate surface area is 173 Å². The zero-order chi connectivity index (χ0) is 20.6. The number of amides is 2. The molecule has 0 saturated carbocycles. The van der Waals surface area contributed by atoms with Crippen LogP contribution in [0.4, 0.5) is 0 Å². The summed E-state index contributed by atoms with van der Waals surface area (Å²) >= 11 is 0. The molecule has 154 valence electrons. The molecule has 1 spiro atoms. The lowest BCUT2D eigenvalue weighted by molar-refractivity contribution is -0.130.